The average Bonchev–Trinajstić information content (AvgIpc) is 3.34. The van der Waals surface area contributed by atoms with Crippen molar-refractivity contribution >= 4 is 11.9 Å². The SMILES string of the molecule is CC/C=C\C/C=C\C/C=C\C/C=C\C/C=C\CCCCCCCCCCCCCC(=O)OC(CO)COC(=O)CCCCCCCCCCCCCC/C=C\C/C=C\C/C=C\CCCCCCC. The first-order chi connectivity index (χ1) is 33.6. The highest BCUT2D eigenvalue weighted by Gasteiger charge is 2.16. The van der Waals surface area contributed by atoms with Gasteiger partial charge in [-0.1, -0.05) is 259 Å². The molecule has 0 heterocycles. The van der Waals surface area contributed by atoms with Gasteiger partial charge in [0.05, 0.1) is 6.61 Å². The minimum atomic E-state index is -0.781. The Balaban J connectivity index is 3.52. The third-order valence-corrected chi connectivity index (χ3v) is 12.4. The van der Waals surface area contributed by atoms with Crippen LogP contribution >= 0.6 is 0 Å². The summed E-state index contributed by atoms with van der Waals surface area (Å²) in [6.07, 6.45) is 82.3. The molecule has 0 aromatic rings. The third kappa shape index (κ3) is 55.4. The van der Waals surface area contributed by atoms with Gasteiger partial charge in [-0.05, 0) is 96.3 Å². The molecule has 1 atom stereocenters. The standard InChI is InChI=1S/C63H108O5/c1-3-5-7-9-11-13-15-17-19-21-23-25-27-29-31-33-35-37-39-41-43-45-47-49-51-53-55-57-62(65)67-60-61(59-64)68-63(66)58-56-54-52-50-48-46-44-42-40-38-36-34-32-30-28-26-24-22-20-18-16-14-12-10-8-6-4-2/h6,8,12,14-15,17-18,20-21,23-24,26-27,29-30,32,61,64H,3-5,7,9-11,13,16,19,22,25,28,31,33-60H2,1-2H3/b8-6-,14-12-,17-15-,20-18-,23-21-,26-24-,29-27-,32-30-. The molecule has 1 N–H and O–H groups in total. The summed E-state index contributed by atoms with van der Waals surface area (Å²) in [5.74, 6) is -0.594. The van der Waals surface area contributed by atoms with Crippen LogP contribution < -0.4 is 0 Å². The lowest BCUT2D eigenvalue weighted by atomic mass is 10.0. The summed E-state index contributed by atoms with van der Waals surface area (Å²) in [7, 11) is 0. The molecule has 0 saturated carbocycles. The van der Waals surface area contributed by atoms with Crippen molar-refractivity contribution in [3.8, 4) is 0 Å². The second-order valence-corrected chi connectivity index (χ2v) is 19.0. The van der Waals surface area contributed by atoms with E-state index in [1.54, 1.807) is 0 Å². The zero-order valence-corrected chi connectivity index (χ0v) is 44.6. The molecular formula is C63H108O5. The van der Waals surface area contributed by atoms with Crippen molar-refractivity contribution in [2.24, 2.45) is 0 Å². The van der Waals surface area contributed by atoms with Gasteiger partial charge < -0.3 is 14.6 Å². The molecule has 0 radical (unpaired) electrons. The molecule has 0 saturated heterocycles. The number of hydrogen-bond acceptors (Lipinski definition) is 5. The van der Waals surface area contributed by atoms with E-state index < -0.39 is 6.10 Å². The van der Waals surface area contributed by atoms with Gasteiger partial charge in [0.1, 0.15) is 6.61 Å². The van der Waals surface area contributed by atoms with Crippen LogP contribution in [0.15, 0.2) is 97.2 Å². The third-order valence-electron chi connectivity index (χ3n) is 12.4. The van der Waals surface area contributed by atoms with Gasteiger partial charge in [0.2, 0.25) is 0 Å². The van der Waals surface area contributed by atoms with E-state index in [1.165, 1.54) is 161 Å². The summed E-state index contributed by atoms with van der Waals surface area (Å²) >= 11 is 0. The molecule has 0 spiro atoms. The summed E-state index contributed by atoms with van der Waals surface area (Å²) in [4.78, 5) is 24.5. The Labute approximate surface area is 421 Å². The highest BCUT2D eigenvalue weighted by molar-refractivity contribution is 5.70. The number of carbonyl (C=O) groups is 2. The van der Waals surface area contributed by atoms with Crippen molar-refractivity contribution in [3.05, 3.63) is 97.2 Å². The van der Waals surface area contributed by atoms with E-state index in [1.807, 2.05) is 0 Å². The van der Waals surface area contributed by atoms with Gasteiger partial charge in [-0.2, -0.15) is 0 Å². The average molecular weight is 946 g/mol. The fourth-order valence-corrected chi connectivity index (χ4v) is 8.06. The second kappa shape index (κ2) is 58.1. The molecular weight excluding hydrogens is 837 g/mol. The molecule has 5 heteroatoms. The van der Waals surface area contributed by atoms with Crippen molar-refractivity contribution in [3.63, 3.8) is 0 Å². The van der Waals surface area contributed by atoms with E-state index in [4.69, 9.17) is 9.47 Å². The summed E-state index contributed by atoms with van der Waals surface area (Å²) in [5.41, 5.74) is 0. The Bertz CT molecular complexity index is 1300. The van der Waals surface area contributed by atoms with E-state index in [0.29, 0.717) is 12.8 Å². The molecule has 0 fully saturated rings. The molecule has 390 valence electrons. The van der Waals surface area contributed by atoms with Crippen LogP contribution in [0.5, 0.6) is 0 Å². The van der Waals surface area contributed by atoms with Crippen molar-refractivity contribution in [2.75, 3.05) is 13.2 Å². The minimum absolute atomic E-state index is 0.0714. The molecule has 0 aliphatic rings. The quantitative estimate of drug-likeness (QED) is 0.0374. The fraction of sp³-hybridized carbons (Fsp3) is 0.714. The number of allylic oxidation sites excluding steroid dienone is 16. The smallest absolute Gasteiger partial charge is 0.306 e. The van der Waals surface area contributed by atoms with Crippen LogP contribution in [0.3, 0.4) is 0 Å². The van der Waals surface area contributed by atoms with Gasteiger partial charge in [-0.25, -0.2) is 0 Å². The maximum atomic E-state index is 12.3. The Morgan fingerprint density at radius 1 is 0.353 bits per heavy atom. The Morgan fingerprint density at radius 3 is 0.956 bits per heavy atom. The van der Waals surface area contributed by atoms with Gasteiger partial charge in [-0.3, -0.25) is 9.59 Å². The first-order valence-corrected chi connectivity index (χ1v) is 28.8. The van der Waals surface area contributed by atoms with Crippen LogP contribution in [-0.4, -0.2) is 36.4 Å². The molecule has 0 aliphatic carbocycles. The zero-order valence-electron chi connectivity index (χ0n) is 44.6. The monoisotopic (exact) mass is 945 g/mol. The van der Waals surface area contributed by atoms with Crippen molar-refractivity contribution in [1.82, 2.24) is 0 Å². The lowest BCUT2D eigenvalue weighted by Crippen LogP contribution is -2.28. The highest BCUT2D eigenvalue weighted by atomic mass is 16.6. The number of ether oxygens (including phenoxy) is 2. The summed E-state index contributed by atoms with van der Waals surface area (Å²) < 4.78 is 10.7. The van der Waals surface area contributed by atoms with E-state index in [2.05, 4.69) is 111 Å². The number of aliphatic hydroxyl groups excluding tert-OH is 1. The number of unbranched alkanes of at least 4 members (excludes halogenated alkanes) is 28. The van der Waals surface area contributed by atoms with Gasteiger partial charge in [0.15, 0.2) is 6.10 Å². The van der Waals surface area contributed by atoms with Gasteiger partial charge in [-0.15, -0.1) is 0 Å². The lowest BCUT2D eigenvalue weighted by molar-refractivity contribution is -0.161. The molecule has 5 nitrogen and oxygen atoms in total. The second-order valence-electron chi connectivity index (χ2n) is 19.0. The van der Waals surface area contributed by atoms with Crippen LogP contribution in [0, 0.1) is 0 Å². The topological polar surface area (TPSA) is 72.8 Å². The molecule has 0 amide bonds. The molecule has 0 aromatic heterocycles. The maximum absolute atomic E-state index is 12.3. The van der Waals surface area contributed by atoms with Gasteiger partial charge in [0.25, 0.3) is 0 Å². The normalized spacial score (nSPS) is 12.9. The van der Waals surface area contributed by atoms with Crippen LogP contribution in [-0.2, 0) is 19.1 Å². The maximum Gasteiger partial charge on any atom is 0.306 e. The first-order valence-electron chi connectivity index (χ1n) is 28.8. The van der Waals surface area contributed by atoms with E-state index in [0.717, 1.165) is 83.5 Å². The number of hydrogen-bond donors (Lipinski definition) is 1. The van der Waals surface area contributed by atoms with Crippen molar-refractivity contribution in [2.45, 2.75) is 277 Å². The van der Waals surface area contributed by atoms with E-state index in [9.17, 15) is 14.7 Å². The van der Waals surface area contributed by atoms with Gasteiger partial charge in [0, 0.05) is 12.8 Å². The van der Waals surface area contributed by atoms with Crippen LogP contribution in [0.1, 0.15) is 271 Å². The number of aliphatic hydroxyl groups is 1. The molecule has 0 aliphatic heterocycles. The Hall–Kier alpha value is -3.18. The molecule has 68 heavy (non-hydrogen) atoms. The summed E-state index contributed by atoms with van der Waals surface area (Å²) in [5, 5.41) is 9.66. The van der Waals surface area contributed by atoms with Crippen molar-refractivity contribution < 1.29 is 24.2 Å². The molecule has 1 unspecified atom stereocenters. The van der Waals surface area contributed by atoms with Crippen LogP contribution in [0.4, 0.5) is 0 Å². The van der Waals surface area contributed by atoms with Gasteiger partial charge >= 0.3 is 11.9 Å². The van der Waals surface area contributed by atoms with E-state index >= 15 is 0 Å². The minimum Gasteiger partial charge on any atom is -0.462 e. The van der Waals surface area contributed by atoms with E-state index in [-0.39, 0.29) is 25.2 Å². The number of rotatable bonds is 52. The van der Waals surface area contributed by atoms with Crippen LogP contribution in [0.2, 0.25) is 0 Å². The summed E-state index contributed by atoms with van der Waals surface area (Å²) in [6, 6.07) is 0. The molecule has 0 bridgehead atoms. The Kier molecular flexibility index (Phi) is 55.4. The highest BCUT2D eigenvalue weighted by Crippen LogP contribution is 2.16. The number of carbonyl (C=O) groups excluding carboxylic acids is 2. The fourth-order valence-electron chi connectivity index (χ4n) is 8.06. The largest absolute Gasteiger partial charge is 0.462 e. The predicted molar refractivity (Wildman–Crippen MR) is 297 cm³/mol. The zero-order chi connectivity index (χ0) is 49.2. The predicted octanol–water partition coefficient (Wildman–Crippen LogP) is 19.5. The number of esters is 2. The Morgan fingerprint density at radius 2 is 0.632 bits per heavy atom. The molecule has 0 aromatic carbocycles. The lowest BCUT2D eigenvalue weighted by Gasteiger charge is -2.15. The first kappa shape index (κ1) is 64.8. The molecule has 0 rings (SSSR count). The summed E-state index contributed by atoms with van der Waals surface area (Å²) in [6.45, 7) is 4.03. The van der Waals surface area contributed by atoms with Crippen LogP contribution in [0.25, 0.3) is 0 Å². The van der Waals surface area contributed by atoms with Crippen molar-refractivity contribution in [1.29, 1.82) is 0 Å².